The highest BCUT2D eigenvalue weighted by atomic mass is 16.2. The SMILES string of the molecule is Cc1ccc2c(c1)CC(NC(=O)c1nccnc1NC(=O)C1Cc3ccccc3C1)C2. The van der Waals surface area contributed by atoms with E-state index in [1.54, 1.807) is 0 Å². The van der Waals surface area contributed by atoms with Gasteiger partial charge in [0.2, 0.25) is 5.91 Å². The maximum absolute atomic E-state index is 13.0. The molecule has 0 fully saturated rings. The molecule has 1 unspecified atom stereocenters. The fourth-order valence-corrected chi connectivity index (χ4v) is 4.66. The molecule has 31 heavy (non-hydrogen) atoms. The van der Waals surface area contributed by atoms with Gasteiger partial charge in [-0.15, -0.1) is 0 Å². The van der Waals surface area contributed by atoms with Crippen molar-refractivity contribution in [2.24, 2.45) is 5.92 Å². The number of nitrogens with one attached hydrogen (secondary N) is 2. The van der Waals surface area contributed by atoms with Gasteiger partial charge >= 0.3 is 0 Å². The van der Waals surface area contributed by atoms with E-state index in [2.05, 4.69) is 57.9 Å². The Hall–Kier alpha value is -3.54. The lowest BCUT2D eigenvalue weighted by Gasteiger charge is -2.15. The van der Waals surface area contributed by atoms with Gasteiger partial charge in [0.05, 0.1) is 0 Å². The summed E-state index contributed by atoms with van der Waals surface area (Å²) in [5, 5.41) is 5.91. The fraction of sp³-hybridized carbons (Fsp3) is 0.280. The lowest BCUT2D eigenvalue weighted by molar-refractivity contribution is -0.119. The summed E-state index contributed by atoms with van der Waals surface area (Å²) in [5.74, 6) is -0.391. The highest BCUT2D eigenvalue weighted by Gasteiger charge is 2.29. The van der Waals surface area contributed by atoms with Gasteiger partial charge in [-0.2, -0.15) is 0 Å². The Morgan fingerprint density at radius 3 is 2.32 bits per heavy atom. The smallest absolute Gasteiger partial charge is 0.273 e. The first kappa shape index (κ1) is 19.4. The van der Waals surface area contributed by atoms with Crippen molar-refractivity contribution in [1.29, 1.82) is 0 Å². The van der Waals surface area contributed by atoms with Gasteiger partial charge in [-0.05, 0) is 54.9 Å². The second-order valence-corrected chi connectivity index (χ2v) is 8.47. The number of hydrogen-bond acceptors (Lipinski definition) is 4. The van der Waals surface area contributed by atoms with Crippen molar-refractivity contribution in [2.75, 3.05) is 5.32 Å². The van der Waals surface area contributed by atoms with E-state index in [-0.39, 0.29) is 35.3 Å². The predicted molar refractivity (Wildman–Crippen MR) is 118 cm³/mol. The van der Waals surface area contributed by atoms with Crippen LogP contribution in [0.15, 0.2) is 54.9 Å². The number of carbonyl (C=O) groups is 2. The van der Waals surface area contributed by atoms with Crippen LogP contribution in [0.2, 0.25) is 0 Å². The molecule has 2 aliphatic carbocycles. The van der Waals surface area contributed by atoms with Crippen LogP contribution in [0.25, 0.3) is 0 Å². The van der Waals surface area contributed by atoms with E-state index in [1.165, 1.54) is 40.2 Å². The van der Waals surface area contributed by atoms with Crippen LogP contribution in [0, 0.1) is 12.8 Å². The summed E-state index contributed by atoms with van der Waals surface area (Å²) in [4.78, 5) is 34.3. The largest absolute Gasteiger partial charge is 0.347 e. The first-order valence-corrected chi connectivity index (χ1v) is 10.6. The van der Waals surface area contributed by atoms with Gasteiger partial charge in [0.25, 0.3) is 5.91 Å². The van der Waals surface area contributed by atoms with E-state index >= 15 is 0 Å². The molecule has 2 amide bonds. The lowest BCUT2D eigenvalue weighted by Crippen LogP contribution is -2.36. The van der Waals surface area contributed by atoms with Crippen molar-refractivity contribution < 1.29 is 9.59 Å². The number of aryl methyl sites for hydroxylation is 1. The van der Waals surface area contributed by atoms with Crippen LogP contribution in [0.5, 0.6) is 0 Å². The normalized spacial score (nSPS) is 17.1. The minimum absolute atomic E-state index is 0.0131. The molecule has 156 valence electrons. The van der Waals surface area contributed by atoms with Crippen LogP contribution in [0.1, 0.15) is 38.3 Å². The van der Waals surface area contributed by atoms with Gasteiger partial charge in [0, 0.05) is 24.4 Å². The zero-order valence-corrected chi connectivity index (χ0v) is 17.4. The number of amides is 2. The molecule has 5 rings (SSSR count). The van der Waals surface area contributed by atoms with Crippen molar-refractivity contribution in [3.8, 4) is 0 Å². The summed E-state index contributed by atoms with van der Waals surface area (Å²) in [7, 11) is 0. The summed E-state index contributed by atoms with van der Waals surface area (Å²) in [6, 6.07) is 14.5. The molecule has 0 saturated heterocycles. The van der Waals surface area contributed by atoms with Gasteiger partial charge in [-0.1, -0.05) is 48.0 Å². The molecule has 2 aliphatic rings. The molecular weight excluding hydrogens is 388 g/mol. The maximum atomic E-state index is 13.0. The third-order valence-corrected chi connectivity index (χ3v) is 6.21. The Labute approximate surface area is 181 Å². The van der Waals surface area contributed by atoms with Crippen molar-refractivity contribution in [2.45, 2.75) is 38.6 Å². The van der Waals surface area contributed by atoms with E-state index in [0.717, 1.165) is 12.8 Å². The number of rotatable bonds is 4. The van der Waals surface area contributed by atoms with Crippen LogP contribution < -0.4 is 10.6 Å². The maximum Gasteiger partial charge on any atom is 0.273 e. The minimum Gasteiger partial charge on any atom is -0.347 e. The van der Waals surface area contributed by atoms with Crippen LogP contribution >= 0.6 is 0 Å². The molecule has 1 atom stereocenters. The summed E-state index contributed by atoms with van der Waals surface area (Å²) >= 11 is 0. The number of benzene rings is 2. The second kappa shape index (κ2) is 7.95. The number of nitrogens with zero attached hydrogens (tertiary/aromatic N) is 2. The number of carbonyl (C=O) groups excluding carboxylic acids is 2. The molecule has 0 bridgehead atoms. The van der Waals surface area contributed by atoms with Crippen molar-refractivity contribution >= 4 is 17.6 Å². The molecule has 2 aromatic carbocycles. The molecule has 3 aromatic rings. The third-order valence-electron chi connectivity index (χ3n) is 6.21. The Bertz CT molecular complexity index is 1150. The second-order valence-electron chi connectivity index (χ2n) is 8.47. The number of aromatic nitrogens is 2. The zero-order chi connectivity index (χ0) is 21.4. The molecule has 0 radical (unpaired) electrons. The lowest BCUT2D eigenvalue weighted by atomic mass is 10.1. The van der Waals surface area contributed by atoms with Crippen LogP contribution in [-0.2, 0) is 30.5 Å². The van der Waals surface area contributed by atoms with Crippen molar-refractivity contribution in [1.82, 2.24) is 15.3 Å². The number of anilines is 1. The Morgan fingerprint density at radius 2 is 1.55 bits per heavy atom. The van der Waals surface area contributed by atoms with Crippen LogP contribution in [0.3, 0.4) is 0 Å². The predicted octanol–water partition coefficient (Wildman–Crippen LogP) is 3.04. The molecule has 0 aliphatic heterocycles. The minimum atomic E-state index is -0.312. The summed E-state index contributed by atoms with van der Waals surface area (Å²) in [6.07, 6.45) is 5.95. The average Bonchev–Trinajstić information content (AvgIpc) is 3.37. The monoisotopic (exact) mass is 412 g/mol. The Balaban J connectivity index is 1.26. The number of hydrogen-bond donors (Lipinski definition) is 2. The summed E-state index contributed by atoms with van der Waals surface area (Å²) in [5.41, 5.74) is 6.33. The fourth-order valence-electron chi connectivity index (χ4n) is 4.66. The van der Waals surface area contributed by atoms with Gasteiger partial charge < -0.3 is 10.6 Å². The molecule has 6 nitrogen and oxygen atoms in total. The molecule has 1 aromatic heterocycles. The molecule has 6 heteroatoms. The van der Waals surface area contributed by atoms with E-state index < -0.39 is 0 Å². The summed E-state index contributed by atoms with van der Waals surface area (Å²) < 4.78 is 0. The molecule has 0 spiro atoms. The van der Waals surface area contributed by atoms with Crippen LogP contribution in [-0.4, -0.2) is 27.8 Å². The van der Waals surface area contributed by atoms with E-state index in [1.807, 2.05) is 12.1 Å². The summed E-state index contributed by atoms with van der Waals surface area (Å²) in [6.45, 7) is 2.07. The first-order chi connectivity index (χ1) is 15.1. The topological polar surface area (TPSA) is 84.0 Å². The van der Waals surface area contributed by atoms with Gasteiger partial charge in [-0.3, -0.25) is 9.59 Å². The molecular formula is C25H24N4O2. The molecule has 0 saturated carbocycles. The van der Waals surface area contributed by atoms with Crippen molar-refractivity contribution in [3.05, 3.63) is 88.4 Å². The average molecular weight is 412 g/mol. The third kappa shape index (κ3) is 3.93. The van der Waals surface area contributed by atoms with Gasteiger partial charge in [-0.25, -0.2) is 9.97 Å². The highest BCUT2D eigenvalue weighted by molar-refractivity contribution is 6.02. The zero-order valence-electron chi connectivity index (χ0n) is 17.4. The first-order valence-electron chi connectivity index (χ1n) is 10.6. The Kier molecular flexibility index (Phi) is 4.98. The Morgan fingerprint density at radius 1 is 0.871 bits per heavy atom. The van der Waals surface area contributed by atoms with Crippen molar-refractivity contribution in [3.63, 3.8) is 0 Å². The van der Waals surface area contributed by atoms with Gasteiger partial charge in [0.15, 0.2) is 11.5 Å². The van der Waals surface area contributed by atoms with E-state index in [0.29, 0.717) is 12.8 Å². The number of fused-ring (bicyclic) bond motifs is 2. The standard InChI is InChI=1S/C25H24N4O2/c1-15-6-7-18-13-21(14-19(18)10-15)28-25(31)22-23(27-9-8-26-22)29-24(30)20-11-16-4-2-3-5-17(16)12-20/h2-10,20-21H,11-14H2,1H3,(H,28,31)(H,27,29,30). The van der Waals surface area contributed by atoms with E-state index in [9.17, 15) is 9.59 Å². The van der Waals surface area contributed by atoms with Crippen LogP contribution in [0.4, 0.5) is 5.82 Å². The van der Waals surface area contributed by atoms with E-state index in [4.69, 9.17) is 0 Å². The molecule has 1 heterocycles. The highest BCUT2D eigenvalue weighted by Crippen LogP contribution is 2.28. The quantitative estimate of drug-likeness (QED) is 0.690. The van der Waals surface area contributed by atoms with Gasteiger partial charge in [0.1, 0.15) is 0 Å². The molecule has 2 N–H and O–H groups in total.